The summed E-state index contributed by atoms with van der Waals surface area (Å²) < 4.78 is 10.4. The molecule has 0 spiro atoms. The summed E-state index contributed by atoms with van der Waals surface area (Å²) in [6.45, 7) is 1.13. The van der Waals surface area contributed by atoms with Gasteiger partial charge in [-0.25, -0.2) is 0 Å². The van der Waals surface area contributed by atoms with Crippen molar-refractivity contribution in [3.8, 4) is 16.9 Å². The molecule has 32 heavy (non-hydrogen) atoms. The van der Waals surface area contributed by atoms with Gasteiger partial charge < -0.3 is 19.7 Å². The number of carbonyl (C=O) groups excluding carboxylic acids is 2. The van der Waals surface area contributed by atoms with Gasteiger partial charge in [-0.15, -0.1) is 0 Å². The van der Waals surface area contributed by atoms with Gasteiger partial charge in [0.15, 0.2) is 0 Å². The van der Waals surface area contributed by atoms with Crippen LogP contribution in [0.3, 0.4) is 0 Å². The average Bonchev–Trinajstić information content (AvgIpc) is 2.84. The molecule has 0 aliphatic rings. The van der Waals surface area contributed by atoms with Crippen LogP contribution >= 0.6 is 0 Å². The summed E-state index contributed by atoms with van der Waals surface area (Å²) in [5.74, 6) is 0.0293. The molecule has 166 valence electrons. The molecule has 0 heterocycles. The number of carbonyl (C=O) groups is 2. The first-order valence-corrected chi connectivity index (χ1v) is 10.4. The number of hydrogen-bond donors (Lipinski definition) is 1. The highest BCUT2D eigenvalue weighted by Gasteiger charge is 2.18. The zero-order valence-electron chi connectivity index (χ0n) is 18.6. The second kappa shape index (κ2) is 11.1. The van der Waals surface area contributed by atoms with Crippen molar-refractivity contribution >= 4 is 17.5 Å². The summed E-state index contributed by atoms with van der Waals surface area (Å²) in [6, 6.07) is 22.4. The van der Waals surface area contributed by atoms with E-state index in [0.29, 0.717) is 35.7 Å². The fraction of sp³-hybridized carbons (Fsp3) is 0.231. The predicted octanol–water partition coefficient (Wildman–Crippen LogP) is 4.72. The molecule has 1 N–H and O–H groups in total. The van der Waals surface area contributed by atoms with E-state index in [-0.39, 0.29) is 11.8 Å². The largest absolute Gasteiger partial charge is 0.496 e. The van der Waals surface area contributed by atoms with Crippen molar-refractivity contribution in [2.45, 2.75) is 6.42 Å². The highest BCUT2D eigenvalue weighted by molar-refractivity contribution is 6.05. The van der Waals surface area contributed by atoms with Gasteiger partial charge in [0.05, 0.1) is 12.7 Å². The Morgan fingerprint density at radius 3 is 2.25 bits per heavy atom. The van der Waals surface area contributed by atoms with Gasteiger partial charge in [-0.1, -0.05) is 42.5 Å². The van der Waals surface area contributed by atoms with Crippen LogP contribution in [0, 0.1) is 0 Å². The Morgan fingerprint density at radius 1 is 0.906 bits per heavy atom. The smallest absolute Gasteiger partial charge is 0.257 e. The molecule has 0 aromatic heterocycles. The first kappa shape index (κ1) is 23.0. The van der Waals surface area contributed by atoms with Crippen molar-refractivity contribution < 1.29 is 19.1 Å². The molecule has 0 saturated heterocycles. The first-order chi connectivity index (χ1) is 15.5. The van der Waals surface area contributed by atoms with Crippen molar-refractivity contribution in [1.82, 2.24) is 4.90 Å². The molecule has 0 radical (unpaired) electrons. The van der Waals surface area contributed by atoms with Crippen LogP contribution in [0.15, 0.2) is 72.8 Å². The van der Waals surface area contributed by atoms with Crippen LogP contribution in [0.25, 0.3) is 11.1 Å². The summed E-state index contributed by atoms with van der Waals surface area (Å²) in [4.78, 5) is 27.3. The second-order valence-electron chi connectivity index (χ2n) is 7.39. The quantitative estimate of drug-likeness (QED) is 0.497. The number of benzene rings is 3. The maximum Gasteiger partial charge on any atom is 0.257 e. The van der Waals surface area contributed by atoms with E-state index < -0.39 is 0 Å². The average molecular weight is 433 g/mol. The van der Waals surface area contributed by atoms with E-state index in [0.717, 1.165) is 17.5 Å². The standard InChI is InChI=1S/C26H28N2O4/c1-28(16-7-17-31-2)26(30)23-18-22(14-15-24(23)32-3)27-25(29)21-12-10-20(11-13-21)19-8-5-4-6-9-19/h4-6,8-15,18H,7,16-17H2,1-3H3,(H,27,29). The minimum absolute atomic E-state index is 0.179. The number of methoxy groups -OCH3 is 2. The first-order valence-electron chi connectivity index (χ1n) is 10.4. The molecule has 0 atom stereocenters. The maximum absolute atomic E-state index is 12.9. The number of ether oxygens (including phenoxy) is 2. The monoisotopic (exact) mass is 432 g/mol. The number of hydrogen-bond acceptors (Lipinski definition) is 4. The van der Waals surface area contributed by atoms with E-state index in [2.05, 4.69) is 5.32 Å². The lowest BCUT2D eigenvalue weighted by molar-refractivity contribution is 0.0775. The van der Waals surface area contributed by atoms with Crippen LogP contribution in [-0.4, -0.2) is 51.1 Å². The summed E-state index contributed by atoms with van der Waals surface area (Å²) in [5.41, 5.74) is 3.58. The van der Waals surface area contributed by atoms with E-state index in [4.69, 9.17) is 9.47 Å². The van der Waals surface area contributed by atoms with E-state index >= 15 is 0 Å². The van der Waals surface area contributed by atoms with Gasteiger partial charge >= 0.3 is 0 Å². The number of nitrogens with one attached hydrogen (secondary N) is 1. The van der Waals surface area contributed by atoms with Gasteiger partial charge in [-0.3, -0.25) is 9.59 Å². The Kier molecular flexibility index (Phi) is 8.00. The lowest BCUT2D eigenvalue weighted by atomic mass is 10.0. The summed E-state index contributed by atoms with van der Waals surface area (Å²) in [5, 5.41) is 2.87. The third-order valence-electron chi connectivity index (χ3n) is 5.13. The topological polar surface area (TPSA) is 67.9 Å². The maximum atomic E-state index is 12.9. The highest BCUT2D eigenvalue weighted by Crippen LogP contribution is 2.25. The molecule has 6 nitrogen and oxygen atoms in total. The van der Waals surface area contributed by atoms with Crippen molar-refractivity contribution in [2.75, 3.05) is 39.7 Å². The molecular formula is C26H28N2O4. The van der Waals surface area contributed by atoms with Gasteiger partial charge in [0.1, 0.15) is 5.75 Å². The molecule has 0 fully saturated rings. The molecule has 6 heteroatoms. The molecule has 3 rings (SSSR count). The Hall–Kier alpha value is -3.64. The molecule has 2 amide bonds. The second-order valence-corrected chi connectivity index (χ2v) is 7.39. The summed E-state index contributed by atoms with van der Waals surface area (Å²) >= 11 is 0. The fourth-order valence-corrected chi connectivity index (χ4v) is 3.35. The Morgan fingerprint density at radius 2 is 1.59 bits per heavy atom. The normalized spacial score (nSPS) is 10.5. The molecule has 0 aliphatic heterocycles. The Balaban J connectivity index is 1.73. The Bertz CT molecular complexity index is 1050. The van der Waals surface area contributed by atoms with Crippen LogP contribution in [-0.2, 0) is 4.74 Å². The van der Waals surface area contributed by atoms with Crippen LogP contribution < -0.4 is 10.1 Å². The van der Waals surface area contributed by atoms with Crippen molar-refractivity contribution in [3.63, 3.8) is 0 Å². The van der Waals surface area contributed by atoms with Crippen molar-refractivity contribution in [3.05, 3.63) is 83.9 Å². The SMILES string of the molecule is COCCCN(C)C(=O)c1cc(NC(=O)c2ccc(-c3ccccc3)cc2)ccc1OC. The number of rotatable bonds is 9. The minimum atomic E-state index is -0.248. The zero-order valence-corrected chi connectivity index (χ0v) is 18.6. The number of nitrogens with zero attached hydrogens (tertiary/aromatic N) is 1. The van der Waals surface area contributed by atoms with Crippen LogP contribution in [0.5, 0.6) is 5.75 Å². The molecule has 3 aromatic rings. The van der Waals surface area contributed by atoms with Crippen LogP contribution in [0.1, 0.15) is 27.1 Å². The molecule has 0 aliphatic carbocycles. The fourth-order valence-electron chi connectivity index (χ4n) is 3.35. The lowest BCUT2D eigenvalue weighted by Gasteiger charge is -2.19. The van der Waals surface area contributed by atoms with Crippen molar-refractivity contribution in [1.29, 1.82) is 0 Å². The Labute approximate surface area is 188 Å². The third kappa shape index (κ3) is 5.74. The third-order valence-corrected chi connectivity index (χ3v) is 5.13. The van der Waals surface area contributed by atoms with Crippen LogP contribution in [0.2, 0.25) is 0 Å². The predicted molar refractivity (Wildman–Crippen MR) is 126 cm³/mol. The van der Waals surface area contributed by atoms with E-state index in [1.807, 2.05) is 42.5 Å². The van der Waals surface area contributed by atoms with Gasteiger partial charge in [-0.05, 0) is 47.9 Å². The zero-order chi connectivity index (χ0) is 22.9. The molecule has 0 saturated carbocycles. The van der Waals surface area contributed by atoms with Gasteiger partial charge in [0, 0.05) is 38.6 Å². The van der Waals surface area contributed by atoms with Crippen LogP contribution in [0.4, 0.5) is 5.69 Å². The van der Waals surface area contributed by atoms with Crippen molar-refractivity contribution in [2.24, 2.45) is 0 Å². The molecule has 0 bridgehead atoms. The number of amides is 2. The van der Waals surface area contributed by atoms with Gasteiger partial charge in [0.25, 0.3) is 11.8 Å². The highest BCUT2D eigenvalue weighted by atomic mass is 16.5. The molecule has 0 unspecified atom stereocenters. The lowest BCUT2D eigenvalue weighted by Crippen LogP contribution is -2.29. The number of anilines is 1. The summed E-state index contributed by atoms with van der Waals surface area (Å²) in [7, 11) is 4.88. The molecular weight excluding hydrogens is 404 g/mol. The minimum Gasteiger partial charge on any atom is -0.496 e. The van der Waals surface area contributed by atoms with E-state index in [1.54, 1.807) is 49.4 Å². The van der Waals surface area contributed by atoms with Gasteiger partial charge in [0.2, 0.25) is 0 Å². The van der Waals surface area contributed by atoms with E-state index in [9.17, 15) is 9.59 Å². The molecule has 3 aromatic carbocycles. The van der Waals surface area contributed by atoms with E-state index in [1.165, 1.54) is 7.11 Å². The van der Waals surface area contributed by atoms with Gasteiger partial charge in [-0.2, -0.15) is 0 Å². The summed E-state index contributed by atoms with van der Waals surface area (Å²) in [6.07, 6.45) is 0.733.